The number of esters is 1. The van der Waals surface area contributed by atoms with Gasteiger partial charge in [-0.15, -0.1) is 0 Å². The summed E-state index contributed by atoms with van der Waals surface area (Å²) in [5, 5.41) is 11.9. The minimum atomic E-state index is -1.67. The number of aliphatic hydroxyl groups is 1. The van der Waals surface area contributed by atoms with Crippen molar-refractivity contribution in [1.29, 1.82) is 0 Å². The van der Waals surface area contributed by atoms with Crippen LogP contribution < -0.4 is 5.32 Å². The van der Waals surface area contributed by atoms with E-state index < -0.39 is 18.2 Å². The Morgan fingerprint density at radius 1 is 1.38 bits per heavy atom. The van der Waals surface area contributed by atoms with Crippen LogP contribution in [-0.4, -0.2) is 42.5 Å². The second-order valence-corrected chi connectivity index (χ2v) is 4.06. The Morgan fingerprint density at radius 2 is 1.94 bits per heavy atom. The summed E-state index contributed by atoms with van der Waals surface area (Å²) in [4.78, 5) is 11.1. The molecule has 0 saturated heterocycles. The molecule has 0 aromatic carbocycles. The topological polar surface area (TPSA) is 58.6 Å². The van der Waals surface area contributed by atoms with Gasteiger partial charge in [-0.3, -0.25) is 0 Å². The second kappa shape index (κ2) is 7.57. The Labute approximate surface area is 96.2 Å². The largest absolute Gasteiger partial charge is 0.464 e. The van der Waals surface area contributed by atoms with E-state index in [1.54, 1.807) is 13.8 Å². The Hall–Kier alpha value is -0.680. The van der Waals surface area contributed by atoms with Crippen molar-refractivity contribution in [2.75, 3.05) is 13.2 Å². The first-order valence-electron chi connectivity index (χ1n) is 5.61. The van der Waals surface area contributed by atoms with Gasteiger partial charge in [0.1, 0.15) is 0 Å². The van der Waals surface area contributed by atoms with Crippen LogP contribution in [0.1, 0.15) is 27.7 Å². The third-order valence-electron chi connectivity index (χ3n) is 2.62. The van der Waals surface area contributed by atoms with Crippen LogP contribution in [0.2, 0.25) is 0 Å². The van der Waals surface area contributed by atoms with E-state index in [1.165, 1.54) is 0 Å². The Kier molecular flexibility index (Phi) is 7.25. The minimum absolute atomic E-state index is 0.0110. The van der Waals surface area contributed by atoms with Gasteiger partial charge in [0, 0.05) is 18.7 Å². The number of ether oxygens (including phenoxy) is 1. The van der Waals surface area contributed by atoms with Crippen LogP contribution in [0.3, 0.4) is 0 Å². The Bertz CT molecular complexity index is 213. The summed E-state index contributed by atoms with van der Waals surface area (Å²) < 4.78 is 18.1. The zero-order chi connectivity index (χ0) is 12.7. The summed E-state index contributed by atoms with van der Waals surface area (Å²) in [5.41, 5.74) is 0. The molecule has 0 aromatic heterocycles. The average molecular weight is 235 g/mol. The number of aliphatic hydroxyl groups excluding tert-OH is 1. The molecule has 4 atom stereocenters. The van der Waals surface area contributed by atoms with E-state index in [1.807, 2.05) is 13.8 Å². The molecule has 0 aliphatic rings. The van der Waals surface area contributed by atoms with Crippen LogP contribution >= 0.6 is 0 Å². The molecular weight excluding hydrogens is 213 g/mol. The van der Waals surface area contributed by atoms with Gasteiger partial charge in [0.2, 0.25) is 6.17 Å². The van der Waals surface area contributed by atoms with E-state index >= 15 is 0 Å². The minimum Gasteiger partial charge on any atom is -0.464 e. The number of halogens is 1. The number of hydrogen-bond acceptors (Lipinski definition) is 4. The lowest BCUT2D eigenvalue weighted by Crippen LogP contribution is -2.47. The monoisotopic (exact) mass is 235 g/mol. The molecule has 0 aliphatic carbocycles. The van der Waals surface area contributed by atoms with E-state index in [0.29, 0.717) is 0 Å². The van der Waals surface area contributed by atoms with E-state index in [0.717, 1.165) is 0 Å². The molecule has 0 radical (unpaired) electrons. The lowest BCUT2D eigenvalue weighted by atomic mass is 10.0. The molecule has 0 fully saturated rings. The highest BCUT2D eigenvalue weighted by molar-refractivity contribution is 5.75. The van der Waals surface area contributed by atoms with Gasteiger partial charge in [-0.2, -0.15) is 0 Å². The highest BCUT2D eigenvalue weighted by atomic mass is 19.1. The maximum atomic E-state index is 13.5. The van der Waals surface area contributed by atoms with Crippen molar-refractivity contribution in [2.45, 2.75) is 46.0 Å². The van der Waals surface area contributed by atoms with Crippen LogP contribution in [-0.2, 0) is 9.53 Å². The molecule has 0 aliphatic heterocycles. The van der Waals surface area contributed by atoms with Crippen LogP contribution in [0.5, 0.6) is 0 Å². The zero-order valence-electron chi connectivity index (χ0n) is 10.4. The Balaban J connectivity index is 4.13. The van der Waals surface area contributed by atoms with Crippen molar-refractivity contribution in [2.24, 2.45) is 5.92 Å². The normalized spacial score (nSPS) is 18.6. The zero-order valence-corrected chi connectivity index (χ0v) is 10.4. The molecule has 4 nitrogen and oxygen atoms in total. The van der Waals surface area contributed by atoms with Gasteiger partial charge >= 0.3 is 5.97 Å². The maximum Gasteiger partial charge on any atom is 0.342 e. The SMILES string of the molecule is CCOC(=O)C(F)C(C)NC(C)C(C)CO. The van der Waals surface area contributed by atoms with Crippen molar-refractivity contribution < 1.29 is 19.0 Å². The van der Waals surface area contributed by atoms with Crippen molar-refractivity contribution in [3.63, 3.8) is 0 Å². The van der Waals surface area contributed by atoms with Crippen LogP contribution in [0.4, 0.5) is 4.39 Å². The number of alkyl halides is 1. The molecule has 0 amide bonds. The third kappa shape index (κ3) is 4.90. The standard InChI is InChI=1S/C11H22FNO3/c1-5-16-11(15)10(12)9(4)13-8(3)7(2)6-14/h7-10,13-14H,5-6H2,1-4H3. The van der Waals surface area contributed by atoms with Gasteiger partial charge in [0.15, 0.2) is 0 Å². The van der Waals surface area contributed by atoms with E-state index in [4.69, 9.17) is 5.11 Å². The van der Waals surface area contributed by atoms with Crippen molar-refractivity contribution >= 4 is 5.97 Å². The van der Waals surface area contributed by atoms with Gasteiger partial charge < -0.3 is 15.2 Å². The summed E-state index contributed by atoms with van der Waals surface area (Å²) in [5.74, 6) is -0.830. The van der Waals surface area contributed by atoms with Crippen molar-refractivity contribution in [3.05, 3.63) is 0 Å². The highest BCUT2D eigenvalue weighted by Gasteiger charge is 2.27. The first-order valence-corrected chi connectivity index (χ1v) is 5.61. The molecule has 0 heterocycles. The molecule has 4 unspecified atom stereocenters. The first kappa shape index (κ1) is 15.3. The molecular formula is C11H22FNO3. The van der Waals surface area contributed by atoms with E-state index in [9.17, 15) is 9.18 Å². The molecule has 0 saturated carbocycles. The van der Waals surface area contributed by atoms with Crippen LogP contribution in [0.25, 0.3) is 0 Å². The first-order chi connectivity index (χ1) is 7.43. The van der Waals surface area contributed by atoms with Gasteiger partial charge in [-0.1, -0.05) is 6.92 Å². The van der Waals surface area contributed by atoms with Crippen LogP contribution in [0, 0.1) is 5.92 Å². The van der Waals surface area contributed by atoms with Gasteiger partial charge in [0.05, 0.1) is 6.61 Å². The number of carbonyl (C=O) groups excluding carboxylic acids is 1. The lowest BCUT2D eigenvalue weighted by Gasteiger charge is -2.25. The smallest absolute Gasteiger partial charge is 0.342 e. The molecule has 2 N–H and O–H groups in total. The number of rotatable bonds is 7. The fourth-order valence-corrected chi connectivity index (χ4v) is 1.25. The highest BCUT2D eigenvalue weighted by Crippen LogP contribution is 2.07. The van der Waals surface area contributed by atoms with Crippen molar-refractivity contribution in [1.82, 2.24) is 5.32 Å². The maximum absolute atomic E-state index is 13.5. The van der Waals surface area contributed by atoms with Gasteiger partial charge in [-0.05, 0) is 26.7 Å². The summed E-state index contributed by atoms with van der Waals surface area (Å²) in [6, 6.07) is -0.685. The molecule has 0 aromatic rings. The summed E-state index contributed by atoms with van der Waals surface area (Å²) >= 11 is 0. The van der Waals surface area contributed by atoms with E-state index in [2.05, 4.69) is 10.1 Å². The fourth-order valence-electron chi connectivity index (χ4n) is 1.25. The second-order valence-electron chi connectivity index (χ2n) is 4.06. The van der Waals surface area contributed by atoms with Crippen LogP contribution in [0.15, 0.2) is 0 Å². The Morgan fingerprint density at radius 3 is 2.38 bits per heavy atom. The van der Waals surface area contributed by atoms with Gasteiger partial charge in [-0.25, -0.2) is 9.18 Å². The molecule has 5 heteroatoms. The molecule has 96 valence electrons. The number of nitrogens with one attached hydrogen (secondary N) is 1. The number of carbonyl (C=O) groups is 1. The van der Waals surface area contributed by atoms with Gasteiger partial charge in [0.25, 0.3) is 0 Å². The summed E-state index contributed by atoms with van der Waals surface area (Å²) in [6.07, 6.45) is -1.67. The third-order valence-corrected chi connectivity index (χ3v) is 2.62. The predicted octanol–water partition coefficient (Wildman–Crippen LogP) is 0.883. The average Bonchev–Trinajstić information content (AvgIpc) is 2.26. The van der Waals surface area contributed by atoms with E-state index in [-0.39, 0.29) is 25.2 Å². The molecule has 16 heavy (non-hydrogen) atoms. The molecule has 0 rings (SSSR count). The molecule has 0 bridgehead atoms. The quantitative estimate of drug-likeness (QED) is 0.643. The summed E-state index contributed by atoms with van der Waals surface area (Å²) in [6.45, 7) is 7.12. The predicted molar refractivity (Wildman–Crippen MR) is 59.8 cm³/mol. The molecule has 0 spiro atoms. The summed E-state index contributed by atoms with van der Waals surface area (Å²) in [7, 11) is 0. The number of hydrogen-bond donors (Lipinski definition) is 2. The lowest BCUT2D eigenvalue weighted by molar-refractivity contribution is -0.150. The van der Waals surface area contributed by atoms with Crippen molar-refractivity contribution in [3.8, 4) is 0 Å². The fraction of sp³-hybridized carbons (Fsp3) is 0.909.